The van der Waals surface area contributed by atoms with E-state index < -0.39 is 0 Å². The third kappa shape index (κ3) is 3.40. The third-order valence-corrected chi connectivity index (χ3v) is 4.98. The molecule has 23 heavy (non-hydrogen) atoms. The van der Waals surface area contributed by atoms with E-state index in [1.165, 1.54) is 0 Å². The van der Waals surface area contributed by atoms with E-state index in [0.29, 0.717) is 25.5 Å². The number of carbonyl (C=O) groups excluding carboxylic acids is 1. The monoisotopic (exact) mass is 318 g/mol. The zero-order valence-electron chi connectivity index (χ0n) is 14.1. The summed E-state index contributed by atoms with van der Waals surface area (Å²) in [7, 11) is 0. The number of rotatable bonds is 4. The van der Waals surface area contributed by atoms with Gasteiger partial charge in [0.15, 0.2) is 0 Å². The molecular formula is C18H26N2O3. The van der Waals surface area contributed by atoms with E-state index in [4.69, 9.17) is 9.47 Å². The molecule has 0 bridgehead atoms. The Kier molecular flexibility index (Phi) is 4.97. The maximum absolute atomic E-state index is 12.8. The highest BCUT2D eigenvalue weighted by Crippen LogP contribution is 2.40. The molecule has 1 aromatic heterocycles. The molecule has 1 amide bonds. The van der Waals surface area contributed by atoms with Crippen LogP contribution in [0.25, 0.3) is 0 Å². The van der Waals surface area contributed by atoms with Gasteiger partial charge in [-0.25, -0.2) is 4.98 Å². The van der Waals surface area contributed by atoms with Crippen molar-refractivity contribution in [2.75, 3.05) is 32.9 Å². The lowest BCUT2D eigenvalue weighted by molar-refractivity contribution is -0.146. The van der Waals surface area contributed by atoms with E-state index in [1.54, 1.807) is 6.07 Å². The summed E-state index contributed by atoms with van der Waals surface area (Å²) >= 11 is 0. The fourth-order valence-electron chi connectivity index (χ4n) is 3.80. The number of ether oxygens (including phenoxy) is 2. The molecule has 2 aliphatic heterocycles. The molecular weight excluding hydrogens is 292 g/mol. The van der Waals surface area contributed by atoms with Gasteiger partial charge >= 0.3 is 0 Å². The van der Waals surface area contributed by atoms with E-state index in [-0.39, 0.29) is 17.4 Å². The minimum absolute atomic E-state index is 0.0218. The summed E-state index contributed by atoms with van der Waals surface area (Å²) in [6.45, 7) is 7.54. The number of piperidine rings is 1. The Labute approximate surface area is 138 Å². The molecule has 0 radical (unpaired) electrons. The van der Waals surface area contributed by atoms with Gasteiger partial charge in [-0.2, -0.15) is 0 Å². The first-order chi connectivity index (χ1) is 11.1. The molecule has 0 saturated carbocycles. The van der Waals surface area contributed by atoms with Crippen LogP contribution in [0.3, 0.4) is 0 Å². The first kappa shape index (κ1) is 16.4. The van der Waals surface area contributed by atoms with Crippen molar-refractivity contribution in [2.24, 2.45) is 5.41 Å². The van der Waals surface area contributed by atoms with Gasteiger partial charge in [-0.05, 0) is 45.2 Å². The fraction of sp³-hybridized carbons (Fsp3) is 0.667. The zero-order chi connectivity index (χ0) is 16.3. The Morgan fingerprint density at radius 1 is 1.52 bits per heavy atom. The summed E-state index contributed by atoms with van der Waals surface area (Å²) in [5.74, 6) is 0.0218. The lowest BCUT2D eigenvalue weighted by atomic mass is 9.73. The summed E-state index contributed by atoms with van der Waals surface area (Å²) in [5.41, 5.74) is 1.34. The van der Waals surface area contributed by atoms with E-state index in [1.807, 2.05) is 30.9 Å². The van der Waals surface area contributed by atoms with Crippen LogP contribution in [-0.4, -0.2) is 54.8 Å². The van der Waals surface area contributed by atoms with Crippen LogP contribution < -0.4 is 0 Å². The molecule has 1 aromatic rings. The minimum Gasteiger partial charge on any atom is -0.381 e. The van der Waals surface area contributed by atoms with Crippen molar-refractivity contribution < 1.29 is 14.3 Å². The van der Waals surface area contributed by atoms with Gasteiger partial charge in [0.1, 0.15) is 5.69 Å². The normalized spacial score (nSPS) is 27.6. The number of carbonyl (C=O) groups is 1. The van der Waals surface area contributed by atoms with Crippen LogP contribution in [0.4, 0.5) is 0 Å². The SMILES string of the molecule is CCOC[C@@]12CCCO[C@@H]1CCN(C(=O)c1cccc(C)n1)C2. The quantitative estimate of drug-likeness (QED) is 0.855. The molecule has 0 aromatic carbocycles. The average molecular weight is 318 g/mol. The van der Waals surface area contributed by atoms with E-state index in [9.17, 15) is 4.79 Å². The van der Waals surface area contributed by atoms with Crippen LogP contribution in [-0.2, 0) is 9.47 Å². The second-order valence-corrected chi connectivity index (χ2v) is 6.64. The van der Waals surface area contributed by atoms with Crippen LogP contribution in [0, 0.1) is 12.3 Å². The van der Waals surface area contributed by atoms with Crippen LogP contribution in [0.2, 0.25) is 0 Å². The van der Waals surface area contributed by atoms with Gasteiger partial charge in [-0.1, -0.05) is 6.07 Å². The summed E-state index contributed by atoms with van der Waals surface area (Å²) in [6, 6.07) is 5.60. The fourth-order valence-corrected chi connectivity index (χ4v) is 3.80. The number of aryl methyl sites for hydroxylation is 1. The number of nitrogens with zero attached hydrogens (tertiary/aromatic N) is 2. The second kappa shape index (κ2) is 6.97. The maximum atomic E-state index is 12.8. The van der Waals surface area contributed by atoms with E-state index >= 15 is 0 Å². The molecule has 126 valence electrons. The third-order valence-electron chi connectivity index (χ3n) is 4.98. The highest BCUT2D eigenvalue weighted by Gasteiger charge is 2.47. The van der Waals surface area contributed by atoms with Crippen molar-refractivity contribution >= 4 is 5.91 Å². The highest BCUT2D eigenvalue weighted by atomic mass is 16.5. The predicted molar refractivity (Wildman–Crippen MR) is 87.4 cm³/mol. The first-order valence-electron chi connectivity index (χ1n) is 8.57. The number of likely N-dealkylation sites (tertiary alicyclic amines) is 1. The second-order valence-electron chi connectivity index (χ2n) is 6.64. The summed E-state index contributed by atoms with van der Waals surface area (Å²) in [6.07, 6.45) is 3.18. The molecule has 2 fully saturated rings. The Bertz CT molecular complexity index is 563. The Balaban J connectivity index is 1.78. The number of hydrogen-bond acceptors (Lipinski definition) is 4. The predicted octanol–water partition coefficient (Wildman–Crippen LogP) is 2.44. The van der Waals surface area contributed by atoms with Gasteiger partial charge in [-0.3, -0.25) is 4.79 Å². The van der Waals surface area contributed by atoms with Gasteiger partial charge in [-0.15, -0.1) is 0 Å². The molecule has 3 rings (SSSR count). The standard InChI is InChI=1S/C18H26N2O3/c1-3-22-13-18-9-5-11-23-16(18)8-10-20(12-18)17(21)15-7-4-6-14(2)19-15/h4,6-7,16H,3,5,8-13H2,1-2H3/t16-,18+/m1/s1. The molecule has 5 nitrogen and oxygen atoms in total. The van der Waals surface area contributed by atoms with Crippen LogP contribution in [0.5, 0.6) is 0 Å². The van der Waals surface area contributed by atoms with Gasteiger partial charge in [0.05, 0.1) is 12.7 Å². The van der Waals surface area contributed by atoms with Crippen molar-refractivity contribution in [2.45, 2.75) is 39.2 Å². The largest absolute Gasteiger partial charge is 0.381 e. The van der Waals surface area contributed by atoms with Crippen molar-refractivity contribution in [3.8, 4) is 0 Å². The average Bonchev–Trinajstić information content (AvgIpc) is 2.59. The number of pyridine rings is 1. The number of aromatic nitrogens is 1. The smallest absolute Gasteiger partial charge is 0.272 e. The van der Waals surface area contributed by atoms with Crippen molar-refractivity contribution in [1.29, 1.82) is 0 Å². The molecule has 0 N–H and O–H groups in total. The topological polar surface area (TPSA) is 51.7 Å². The molecule has 2 atom stereocenters. The zero-order valence-corrected chi connectivity index (χ0v) is 14.1. The Morgan fingerprint density at radius 2 is 2.39 bits per heavy atom. The molecule has 0 unspecified atom stereocenters. The maximum Gasteiger partial charge on any atom is 0.272 e. The van der Waals surface area contributed by atoms with Crippen molar-refractivity contribution in [3.63, 3.8) is 0 Å². The number of hydrogen-bond donors (Lipinski definition) is 0. The molecule has 5 heteroatoms. The summed E-state index contributed by atoms with van der Waals surface area (Å²) in [5, 5.41) is 0. The van der Waals surface area contributed by atoms with Gasteiger partial charge in [0, 0.05) is 37.4 Å². The van der Waals surface area contributed by atoms with Gasteiger partial charge in [0.25, 0.3) is 5.91 Å². The first-order valence-corrected chi connectivity index (χ1v) is 8.57. The Hall–Kier alpha value is -1.46. The summed E-state index contributed by atoms with van der Waals surface area (Å²) < 4.78 is 11.8. The highest BCUT2D eigenvalue weighted by molar-refractivity contribution is 5.92. The van der Waals surface area contributed by atoms with Gasteiger partial charge in [0.2, 0.25) is 0 Å². The van der Waals surface area contributed by atoms with Crippen molar-refractivity contribution in [3.05, 3.63) is 29.6 Å². The van der Waals surface area contributed by atoms with Crippen molar-refractivity contribution in [1.82, 2.24) is 9.88 Å². The summed E-state index contributed by atoms with van der Waals surface area (Å²) in [4.78, 5) is 19.1. The van der Waals surface area contributed by atoms with Crippen LogP contribution in [0.15, 0.2) is 18.2 Å². The molecule has 2 aliphatic rings. The van der Waals surface area contributed by atoms with E-state index in [2.05, 4.69) is 4.98 Å². The number of fused-ring (bicyclic) bond motifs is 1. The molecule has 3 heterocycles. The lowest BCUT2D eigenvalue weighted by Gasteiger charge is -2.50. The van der Waals surface area contributed by atoms with Gasteiger partial charge < -0.3 is 14.4 Å². The van der Waals surface area contributed by atoms with Crippen LogP contribution >= 0.6 is 0 Å². The van der Waals surface area contributed by atoms with E-state index in [0.717, 1.165) is 38.1 Å². The molecule has 0 spiro atoms. The van der Waals surface area contributed by atoms with Crippen LogP contribution in [0.1, 0.15) is 42.4 Å². The lowest BCUT2D eigenvalue weighted by Crippen LogP contribution is -2.58. The molecule has 2 saturated heterocycles. The minimum atomic E-state index is -0.0635. The molecule has 0 aliphatic carbocycles. The Morgan fingerprint density at radius 3 is 3.17 bits per heavy atom. The number of amides is 1.